The van der Waals surface area contributed by atoms with E-state index in [0.717, 1.165) is 10.8 Å². The predicted octanol–water partition coefficient (Wildman–Crippen LogP) is 3.36. The molecule has 0 bridgehead atoms. The lowest BCUT2D eigenvalue weighted by atomic mass is 10.1. The van der Waals surface area contributed by atoms with E-state index < -0.39 is 16.1 Å². The first kappa shape index (κ1) is 18.9. The number of hydrogen-bond donors (Lipinski definition) is 1. The summed E-state index contributed by atoms with van der Waals surface area (Å²) in [6.07, 6.45) is 1.11. The van der Waals surface area contributed by atoms with Gasteiger partial charge in [-0.2, -0.15) is 4.31 Å². The number of fused-ring (bicyclic) bond motifs is 2. The number of sulfonamides is 1. The van der Waals surface area contributed by atoms with Crippen molar-refractivity contribution >= 4 is 32.4 Å². The molecule has 2 aliphatic heterocycles. The zero-order chi connectivity index (χ0) is 20.7. The maximum absolute atomic E-state index is 13.3. The number of rotatable bonds is 4. The third-order valence-corrected chi connectivity index (χ3v) is 7.38. The van der Waals surface area contributed by atoms with Crippen LogP contribution in [0.3, 0.4) is 0 Å². The van der Waals surface area contributed by atoms with Crippen LogP contribution in [0.2, 0.25) is 0 Å². The Balaban J connectivity index is 1.39. The number of amides is 1. The summed E-state index contributed by atoms with van der Waals surface area (Å²) in [6, 6.07) is 17.0. The highest BCUT2D eigenvalue weighted by atomic mass is 32.2. The molecule has 8 heteroatoms. The second kappa shape index (κ2) is 7.30. The number of nitrogens with one attached hydrogen (secondary N) is 1. The van der Waals surface area contributed by atoms with Gasteiger partial charge in [0.15, 0.2) is 11.5 Å². The Hall–Kier alpha value is -3.10. The van der Waals surface area contributed by atoms with E-state index in [-0.39, 0.29) is 17.6 Å². The van der Waals surface area contributed by atoms with Crippen LogP contribution in [0.5, 0.6) is 11.5 Å². The van der Waals surface area contributed by atoms with Crippen LogP contribution in [0.25, 0.3) is 10.8 Å². The molecule has 1 unspecified atom stereocenters. The van der Waals surface area contributed by atoms with E-state index in [1.165, 1.54) is 4.31 Å². The fourth-order valence-corrected chi connectivity index (χ4v) is 5.65. The number of anilines is 1. The maximum Gasteiger partial charge on any atom is 0.243 e. The molecule has 0 radical (unpaired) electrons. The SMILES string of the molecule is O=C(Nc1ccc2c(c1)OCO2)C1CCCN1S(=O)(=O)c1ccc2ccccc2c1. The monoisotopic (exact) mass is 424 g/mol. The first-order chi connectivity index (χ1) is 14.5. The highest BCUT2D eigenvalue weighted by Crippen LogP contribution is 2.35. The molecule has 2 aliphatic rings. The predicted molar refractivity (Wildman–Crippen MR) is 112 cm³/mol. The number of carbonyl (C=O) groups is 1. The van der Waals surface area contributed by atoms with Gasteiger partial charge in [-0.3, -0.25) is 4.79 Å². The Labute approximate surface area is 174 Å². The van der Waals surface area contributed by atoms with Gasteiger partial charge in [-0.15, -0.1) is 0 Å². The second-order valence-corrected chi connectivity index (χ2v) is 9.23. The fourth-order valence-electron chi connectivity index (χ4n) is 3.95. The molecule has 3 aromatic rings. The van der Waals surface area contributed by atoms with Gasteiger partial charge in [-0.25, -0.2) is 8.42 Å². The number of carbonyl (C=O) groups excluding carboxylic acids is 1. The van der Waals surface area contributed by atoms with E-state index in [1.807, 2.05) is 24.3 Å². The number of hydrogen-bond acceptors (Lipinski definition) is 5. The third kappa shape index (κ3) is 3.28. The van der Waals surface area contributed by atoms with E-state index in [1.54, 1.807) is 36.4 Å². The Kier molecular flexibility index (Phi) is 4.60. The van der Waals surface area contributed by atoms with Crippen molar-refractivity contribution in [2.75, 3.05) is 18.7 Å². The van der Waals surface area contributed by atoms with Crippen LogP contribution >= 0.6 is 0 Å². The molecule has 3 aromatic carbocycles. The van der Waals surface area contributed by atoms with Crippen molar-refractivity contribution in [3.63, 3.8) is 0 Å². The molecule has 1 fully saturated rings. The van der Waals surface area contributed by atoms with Gasteiger partial charge in [0.2, 0.25) is 22.7 Å². The minimum Gasteiger partial charge on any atom is -0.454 e. The molecule has 0 aromatic heterocycles. The minimum atomic E-state index is -3.80. The van der Waals surface area contributed by atoms with E-state index in [2.05, 4.69) is 5.32 Å². The van der Waals surface area contributed by atoms with Crippen molar-refractivity contribution in [2.24, 2.45) is 0 Å². The summed E-state index contributed by atoms with van der Waals surface area (Å²) in [5, 5.41) is 4.63. The molecule has 1 saturated heterocycles. The average molecular weight is 424 g/mol. The Morgan fingerprint density at radius 2 is 1.77 bits per heavy atom. The summed E-state index contributed by atoms with van der Waals surface area (Å²) in [7, 11) is -3.80. The molecule has 7 nitrogen and oxygen atoms in total. The van der Waals surface area contributed by atoms with Crippen LogP contribution in [-0.4, -0.2) is 38.0 Å². The summed E-state index contributed by atoms with van der Waals surface area (Å²) in [5.41, 5.74) is 0.541. The Bertz CT molecular complexity index is 1240. The topological polar surface area (TPSA) is 84.9 Å². The van der Waals surface area contributed by atoms with E-state index in [9.17, 15) is 13.2 Å². The van der Waals surface area contributed by atoms with E-state index >= 15 is 0 Å². The third-order valence-electron chi connectivity index (χ3n) is 5.47. The first-order valence-corrected chi connectivity index (χ1v) is 11.2. The largest absolute Gasteiger partial charge is 0.454 e. The molecular weight excluding hydrogens is 404 g/mol. The summed E-state index contributed by atoms with van der Waals surface area (Å²) >= 11 is 0. The van der Waals surface area contributed by atoms with Crippen LogP contribution in [-0.2, 0) is 14.8 Å². The smallest absolute Gasteiger partial charge is 0.243 e. The molecule has 0 saturated carbocycles. The van der Waals surface area contributed by atoms with Gasteiger partial charge in [-0.05, 0) is 47.9 Å². The van der Waals surface area contributed by atoms with E-state index in [0.29, 0.717) is 36.6 Å². The van der Waals surface area contributed by atoms with Crippen molar-refractivity contribution in [3.8, 4) is 11.5 Å². The van der Waals surface area contributed by atoms with Gasteiger partial charge in [0, 0.05) is 18.3 Å². The molecule has 5 rings (SSSR count). The van der Waals surface area contributed by atoms with E-state index in [4.69, 9.17) is 9.47 Å². The summed E-state index contributed by atoms with van der Waals surface area (Å²) in [4.78, 5) is 13.1. The maximum atomic E-state index is 13.3. The number of benzene rings is 3. The molecule has 154 valence electrons. The minimum absolute atomic E-state index is 0.146. The lowest BCUT2D eigenvalue weighted by molar-refractivity contribution is -0.119. The molecular formula is C22H20N2O5S. The van der Waals surface area contributed by atoms with Gasteiger partial charge in [0.1, 0.15) is 6.04 Å². The summed E-state index contributed by atoms with van der Waals surface area (Å²) in [6.45, 7) is 0.460. The second-order valence-electron chi connectivity index (χ2n) is 7.34. The normalized spacial score (nSPS) is 18.6. The molecule has 2 heterocycles. The highest BCUT2D eigenvalue weighted by Gasteiger charge is 2.39. The van der Waals surface area contributed by atoms with Crippen LogP contribution < -0.4 is 14.8 Å². The zero-order valence-electron chi connectivity index (χ0n) is 16.1. The molecule has 30 heavy (non-hydrogen) atoms. The van der Waals surface area contributed by atoms with Gasteiger partial charge in [0.05, 0.1) is 4.90 Å². The lowest BCUT2D eigenvalue weighted by Gasteiger charge is -2.23. The molecule has 1 atom stereocenters. The van der Waals surface area contributed by atoms with Crippen LogP contribution in [0.15, 0.2) is 65.6 Å². The van der Waals surface area contributed by atoms with Crippen molar-refractivity contribution in [2.45, 2.75) is 23.8 Å². The summed E-state index contributed by atoms with van der Waals surface area (Å²) < 4.78 is 38.5. The molecule has 1 N–H and O–H groups in total. The Morgan fingerprint density at radius 3 is 2.63 bits per heavy atom. The van der Waals surface area contributed by atoms with Gasteiger partial charge >= 0.3 is 0 Å². The number of nitrogens with zero attached hydrogens (tertiary/aromatic N) is 1. The van der Waals surface area contributed by atoms with Crippen molar-refractivity contribution < 1.29 is 22.7 Å². The Morgan fingerprint density at radius 1 is 0.967 bits per heavy atom. The van der Waals surface area contributed by atoms with Crippen LogP contribution in [0, 0.1) is 0 Å². The van der Waals surface area contributed by atoms with Gasteiger partial charge < -0.3 is 14.8 Å². The first-order valence-electron chi connectivity index (χ1n) is 9.73. The summed E-state index contributed by atoms with van der Waals surface area (Å²) in [5.74, 6) is 0.824. The molecule has 0 aliphatic carbocycles. The zero-order valence-corrected chi connectivity index (χ0v) is 16.9. The standard InChI is InChI=1S/C22H20N2O5S/c25-22(23-17-8-10-20-21(13-17)29-14-28-20)19-6-3-11-24(19)30(26,27)18-9-7-15-4-1-2-5-16(15)12-18/h1-2,4-5,7-10,12-13,19H,3,6,11,14H2,(H,23,25). The van der Waals surface area contributed by atoms with Crippen molar-refractivity contribution in [1.82, 2.24) is 4.31 Å². The highest BCUT2D eigenvalue weighted by molar-refractivity contribution is 7.89. The fraction of sp³-hybridized carbons (Fsp3) is 0.227. The molecule has 1 amide bonds. The number of ether oxygens (including phenoxy) is 2. The lowest BCUT2D eigenvalue weighted by Crippen LogP contribution is -2.43. The van der Waals surface area contributed by atoms with Crippen LogP contribution in [0.1, 0.15) is 12.8 Å². The van der Waals surface area contributed by atoms with Crippen molar-refractivity contribution in [3.05, 3.63) is 60.7 Å². The average Bonchev–Trinajstić information content (AvgIpc) is 3.43. The molecule has 0 spiro atoms. The van der Waals surface area contributed by atoms with Crippen LogP contribution in [0.4, 0.5) is 5.69 Å². The van der Waals surface area contributed by atoms with Crippen molar-refractivity contribution in [1.29, 1.82) is 0 Å². The van der Waals surface area contributed by atoms with Gasteiger partial charge in [0.25, 0.3) is 0 Å². The van der Waals surface area contributed by atoms with Gasteiger partial charge in [-0.1, -0.05) is 30.3 Å². The quantitative estimate of drug-likeness (QED) is 0.694.